The molecule has 8 aromatic carbocycles. The summed E-state index contributed by atoms with van der Waals surface area (Å²) in [5, 5.41) is 4.91. The van der Waals surface area contributed by atoms with Gasteiger partial charge in [0.1, 0.15) is 5.52 Å². The molecule has 0 unspecified atom stereocenters. The summed E-state index contributed by atoms with van der Waals surface area (Å²) >= 11 is 0. The van der Waals surface area contributed by atoms with Crippen molar-refractivity contribution in [1.82, 2.24) is 29.1 Å². The third-order valence-electron chi connectivity index (χ3n) is 11.2. The molecule has 7 heteroatoms. The van der Waals surface area contributed by atoms with Gasteiger partial charge < -0.3 is 13.6 Å². The third-order valence-corrected chi connectivity index (χ3v) is 11.2. The van der Waals surface area contributed by atoms with Crippen LogP contribution in [0.1, 0.15) is 0 Å². The largest absolute Gasteiger partial charge is 0.436 e. The van der Waals surface area contributed by atoms with E-state index in [9.17, 15) is 0 Å². The van der Waals surface area contributed by atoms with Crippen LogP contribution >= 0.6 is 0 Å². The van der Waals surface area contributed by atoms with Crippen LogP contribution in [0.2, 0.25) is 0 Å². The van der Waals surface area contributed by atoms with E-state index in [0.717, 1.165) is 66.8 Å². The minimum atomic E-state index is 0.571. The van der Waals surface area contributed by atoms with E-state index >= 15 is 0 Å². The Morgan fingerprint density at radius 3 is 1.05 bits per heavy atom. The minimum Gasteiger partial charge on any atom is -0.436 e. The fraction of sp³-hybridized carbons (Fsp3) is 0. The molecule has 59 heavy (non-hydrogen) atoms. The summed E-state index contributed by atoms with van der Waals surface area (Å²) < 4.78 is 10.7. The van der Waals surface area contributed by atoms with E-state index < -0.39 is 0 Å². The topological polar surface area (TPSA) is 74.6 Å². The standard InChI is InChI=1S/C52H32N6O/c1-6-16-44-39(11-1)40-12-2-7-17-45(40)57(44)37-29-25-34(26-30-37)50-54-49(33-21-23-36(24-22-33)52-53-43-15-5-10-20-48(43)59-52)55-51(56-50)35-27-31-38(32-28-35)58-46-18-8-3-13-41(46)42-14-4-9-19-47(42)58/h1-32H. The quantitative estimate of drug-likeness (QED) is 0.169. The number of nitrogens with zero attached hydrogens (tertiary/aromatic N) is 6. The Balaban J connectivity index is 0.963. The Morgan fingerprint density at radius 1 is 0.305 bits per heavy atom. The highest BCUT2D eigenvalue weighted by atomic mass is 16.3. The first-order chi connectivity index (χ1) is 29.2. The van der Waals surface area contributed by atoms with Crippen LogP contribution in [0.15, 0.2) is 199 Å². The van der Waals surface area contributed by atoms with Gasteiger partial charge in [-0.3, -0.25) is 0 Å². The van der Waals surface area contributed by atoms with E-state index in [4.69, 9.17) is 24.4 Å². The van der Waals surface area contributed by atoms with Crippen molar-refractivity contribution < 1.29 is 4.42 Å². The van der Waals surface area contributed by atoms with Crippen LogP contribution in [0.25, 0.3) is 112 Å². The van der Waals surface area contributed by atoms with E-state index in [1.165, 1.54) is 21.5 Å². The van der Waals surface area contributed by atoms with Crippen LogP contribution in [-0.4, -0.2) is 29.1 Å². The number of fused-ring (bicyclic) bond motifs is 7. The van der Waals surface area contributed by atoms with Gasteiger partial charge in [0.05, 0.1) is 22.1 Å². The molecule has 4 heterocycles. The predicted molar refractivity (Wildman–Crippen MR) is 238 cm³/mol. The Labute approximate surface area is 338 Å². The van der Waals surface area contributed by atoms with Crippen molar-refractivity contribution in [2.24, 2.45) is 0 Å². The van der Waals surface area contributed by atoms with Crippen molar-refractivity contribution in [1.29, 1.82) is 0 Å². The monoisotopic (exact) mass is 756 g/mol. The molecule has 0 aliphatic carbocycles. The molecule has 0 N–H and O–H groups in total. The number of benzene rings is 8. The molecule has 0 saturated carbocycles. The number of aromatic nitrogens is 6. The van der Waals surface area contributed by atoms with Crippen molar-refractivity contribution in [3.05, 3.63) is 194 Å². The van der Waals surface area contributed by atoms with Gasteiger partial charge in [0, 0.05) is 55.2 Å². The molecule has 0 atom stereocenters. The Bertz CT molecular complexity index is 3230. The average Bonchev–Trinajstić information content (AvgIpc) is 4.00. The average molecular weight is 757 g/mol. The smallest absolute Gasteiger partial charge is 0.227 e. The summed E-state index contributed by atoms with van der Waals surface area (Å²) in [5.41, 5.74) is 11.9. The molecule has 0 amide bonds. The molecule has 0 aliphatic heterocycles. The van der Waals surface area contributed by atoms with E-state index in [1.807, 2.05) is 48.5 Å². The molecular weight excluding hydrogens is 725 g/mol. The SMILES string of the molecule is c1ccc2oc(-c3ccc(-c4nc(-c5ccc(-n6c7ccccc7c7ccccc76)cc5)nc(-c5ccc(-n6c7ccccc7c7ccccc76)cc5)n4)cc3)nc2c1. The second kappa shape index (κ2) is 13.2. The predicted octanol–water partition coefficient (Wildman–Crippen LogP) is 12.9. The highest BCUT2D eigenvalue weighted by molar-refractivity contribution is 6.10. The summed E-state index contributed by atoms with van der Waals surface area (Å²) in [4.78, 5) is 20.0. The molecule has 4 aromatic heterocycles. The lowest BCUT2D eigenvalue weighted by Gasteiger charge is -2.12. The molecule has 0 bridgehead atoms. The van der Waals surface area contributed by atoms with Crippen LogP contribution in [0.5, 0.6) is 0 Å². The highest BCUT2D eigenvalue weighted by Gasteiger charge is 2.17. The zero-order valence-corrected chi connectivity index (χ0v) is 31.6. The van der Waals surface area contributed by atoms with Crippen molar-refractivity contribution in [3.63, 3.8) is 0 Å². The van der Waals surface area contributed by atoms with Gasteiger partial charge in [0.25, 0.3) is 0 Å². The number of hydrogen-bond acceptors (Lipinski definition) is 5. The Hall–Kier alpha value is -8.16. The van der Waals surface area contributed by atoms with Gasteiger partial charge in [0.15, 0.2) is 23.1 Å². The first-order valence-corrected chi connectivity index (χ1v) is 19.6. The number of para-hydroxylation sites is 6. The number of hydrogen-bond donors (Lipinski definition) is 0. The molecule has 7 nitrogen and oxygen atoms in total. The zero-order valence-electron chi connectivity index (χ0n) is 31.6. The van der Waals surface area contributed by atoms with E-state index in [2.05, 4.69) is 155 Å². The lowest BCUT2D eigenvalue weighted by Crippen LogP contribution is -2.01. The lowest BCUT2D eigenvalue weighted by atomic mass is 10.1. The Morgan fingerprint density at radius 2 is 0.644 bits per heavy atom. The van der Waals surface area contributed by atoms with Gasteiger partial charge in [0.2, 0.25) is 5.89 Å². The highest BCUT2D eigenvalue weighted by Crippen LogP contribution is 2.35. The van der Waals surface area contributed by atoms with Gasteiger partial charge in [-0.1, -0.05) is 97.1 Å². The zero-order chi connectivity index (χ0) is 38.9. The molecule has 0 spiro atoms. The maximum Gasteiger partial charge on any atom is 0.227 e. The summed E-state index contributed by atoms with van der Waals surface area (Å²) in [6.07, 6.45) is 0. The fourth-order valence-corrected chi connectivity index (χ4v) is 8.44. The fourth-order valence-electron chi connectivity index (χ4n) is 8.44. The maximum atomic E-state index is 6.07. The van der Waals surface area contributed by atoms with Crippen molar-refractivity contribution >= 4 is 54.7 Å². The van der Waals surface area contributed by atoms with Crippen molar-refractivity contribution in [2.75, 3.05) is 0 Å². The normalized spacial score (nSPS) is 11.7. The Kier molecular flexibility index (Phi) is 7.40. The molecule has 12 rings (SSSR count). The molecule has 0 fully saturated rings. The molecule has 0 aliphatic rings. The molecule has 276 valence electrons. The van der Waals surface area contributed by atoms with Gasteiger partial charge in [-0.15, -0.1) is 0 Å². The lowest BCUT2D eigenvalue weighted by molar-refractivity contribution is 0.620. The second-order valence-electron chi connectivity index (χ2n) is 14.7. The number of oxazole rings is 1. The number of rotatable bonds is 6. The first kappa shape index (κ1) is 33.0. The van der Waals surface area contributed by atoms with Crippen LogP contribution < -0.4 is 0 Å². The first-order valence-electron chi connectivity index (χ1n) is 19.6. The summed E-state index contributed by atoms with van der Waals surface area (Å²) in [6, 6.07) is 67.0. The van der Waals surface area contributed by atoms with Crippen LogP contribution in [-0.2, 0) is 0 Å². The van der Waals surface area contributed by atoms with Crippen LogP contribution in [0.3, 0.4) is 0 Å². The molecular formula is C52H32N6O. The van der Waals surface area contributed by atoms with Gasteiger partial charge >= 0.3 is 0 Å². The van der Waals surface area contributed by atoms with Gasteiger partial charge in [-0.25, -0.2) is 19.9 Å². The van der Waals surface area contributed by atoms with Crippen molar-refractivity contribution in [3.8, 4) is 57.0 Å². The van der Waals surface area contributed by atoms with Crippen molar-refractivity contribution in [2.45, 2.75) is 0 Å². The summed E-state index contributed by atoms with van der Waals surface area (Å²) in [6.45, 7) is 0. The van der Waals surface area contributed by atoms with Crippen LogP contribution in [0, 0.1) is 0 Å². The van der Waals surface area contributed by atoms with Gasteiger partial charge in [-0.2, -0.15) is 0 Å². The molecule has 12 aromatic rings. The molecule has 0 radical (unpaired) electrons. The maximum absolute atomic E-state index is 6.07. The van der Waals surface area contributed by atoms with Crippen LogP contribution in [0.4, 0.5) is 0 Å². The van der Waals surface area contributed by atoms with Gasteiger partial charge in [-0.05, 0) is 97.1 Å². The second-order valence-corrected chi connectivity index (χ2v) is 14.7. The van der Waals surface area contributed by atoms with E-state index in [0.29, 0.717) is 23.4 Å². The summed E-state index contributed by atoms with van der Waals surface area (Å²) in [5.74, 6) is 2.33. The van der Waals surface area contributed by atoms with E-state index in [-0.39, 0.29) is 0 Å². The summed E-state index contributed by atoms with van der Waals surface area (Å²) in [7, 11) is 0. The third kappa shape index (κ3) is 5.44. The van der Waals surface area contributed by atoms with E-state index in [1.54, 1.807) is 0 Å². The minimum absolute atomic E-state index is 0.571. The molecule has 0 saturated heterocycles.